The SMILES string of the molecule is O=[N+]([O-])c1cccc(-c2nccn2CC(O)c2cccc(F)c2)c1. The molecular formula is C17H14FN3O3. The number of nitrogens with zero attached hydrogens (tertiary/aromatic N) is 3. The fourth-order valence-corrected chi connectivity index (χ4v) is 2.48. The molecule has 0 aliphatic carbocycles. The van der Waals surface area contributed by atoms with Crippen molar-refractivity contribution in [2.45, 2.75) is 12.6 Å². The van der Waals surface area contributed by atoms with E-state index in [9.17, 15) is 19.6 Å². The molecule has 1 aromatic heterocycles. The van der Waals surface area contributed by atoms with Gasteiger partial charge < -0.3 is 9.67 Å². The summed E-state index contributed by atoms with van der Waals surface area (Å²) in [5.74, 6) is 0.0743. The van der Waals surface area contributed by atoms with Gasteiger partial charge in [-0.1, -0.05) is 24.3 Å². The molecule has 1 heterocycles. The van der Waals surface area contributed by atoms with Crippen LogP contribution in [-0.2, 0) is 6.54 Å². The van der Waals surface area contributed by atoms with E-state index in [-0.39, 0.29) is 12.2 Å². The lowest BCUT2D eigenvalue weighted by atomic mass is 10.1. The number of aliphatic hydroxyl groups excluding tert-OH is 1. The molecule has 0 bridgehead atoms. The molecule has 0 aliphatic rings. The second kappa shape index (κ2) is 6.59. The number of rotatable bonds is 5. The highest BCUT2D eigenvalue weighted by Gasteiger charge is 2.15. The number of hydrogen-bond acceptors (Lipinski definition) is 4. The summed E-state index contributed by atoms with van der Waals surface area (Å²) in [6, 6.07) is 11.9. The average molecular weight is 327 g/mol. The molecule has 0 fully saturated rings. The first-order valence-electron chi connectivity index (χ1n) is 7.24. The minimum absolute atomic E-state index is 0.0345. The van der Waals surface area contributed by atoms with Crippen LogP contribution in [0.1, 0.15) is 11.7 Å². The van der Waals surface area contributed by atoms with Crippen molar-refractivity contribution in [3.8, 4) is 11.4 Å². The largest absolute Gasteiger partial charge is 0.387 e. The lowest BCUT2D eigenvalue weighted by molar-refractivity contribution is -0.384. The number of nitro benzene ring substituents is 1. The molecule has 0 saturated carbocycles. The molecule has 7 heteroatoms. The maximum absolute atomic E-state index is 13.3. The zero-order valence-corrected chi connectivity index (χ0v) is 12.5. The quantitative estimate of drug-likeness (QED) is 0.576. The molecule has 3 rings (SSSR count). The minimum Gasteiger partial charge on any atom is -0.387 e. The van der Waals surface area contributed by atoms with Gasteiger partial charge in [0.05, 0.1) is 17.6 Å². The maximum Gasteiger partial charge on any atom is 0.270 e. The molecule has 0 aliphatic heterocycles. The molecule has 0 amide bonds. The second-order valence-electron chi connectivity index (χ2n) is 5.28. The van der Waals surface area contributed by atoms with E-state index in [1.807, 2.05) is 0 Å². The number of imidazole rings is 1. The van der Waals surface area contributed by atoms with Gasteiger partial charge in [-0.2, -0.15) is 0 Å². The van der Waals surface area contributed by atoms with Crippen molar-refractivity contribution >= 4 is 5.69 Å². The van der Waals surface area contributed by atoms with E-state index in [1.165, 1.54) is 30.3 Å². The van der Waals surface area contributed by atoms with Crippen molar-refractivity contribution in [1.82, 2.24) is 9.55 Å². The number of benzene rings is 2. The topological polar surface area (TPSA) is 81.2 Å². The zero-order valence-electron chi connectivity index (χ0n) is 12.5. The number of aliphatic hydroxyl groups is 1. The molecular weight excluding hydrogens is 313 g/mol. The fourth-order valence-electron chi connectivity index (χ4n) is 2.48. The van der Waals surface area contributed by atoms with Gasteiger partial charge in [0.25, 0.3) is 5.69 Å². The van der Waals surface area contributed by atoms with Crippen LogP contribution in [0.15, 0.2) is 60.9 Å². The third-order valence-corrected chi connectivity index (χ3v) is 3.63. The summed E-state index contributed by atoms with van der Waals surface area (Å²) in [5, 5.41) is 21.2. The molecule has 0 spiro atoms. The summed E-state index contributed by atoms with van der Waals surface area (Å²) in [6.45, 7) is 0.154. The van der Waals surface area contributed by atoms with Gasteiger partial charge in [-0.25, -0.2) is 9.37 Å². The first-order valence-corrected chi connectivity index (χ1v) is 7.24. The van der Waals surface area contributed by atoms with Crippen LogP contribution in [0.5, 0.6) is 0 Å². The highest BCUT2D eigenvalue weighted by molar-refractivity contribution is 5.59. The van der Waals surface area contributed by atoms with E-state index >= 15 is 0 Å². The fraction of sp³-hybridized carbons (Fsp3) is 0.118. The summed E-state index contributed by atoms with van der Waals surface area (Å²) < 4.78 is 15.0. The Bertz CT molecular complexity index is 879. The van der Waals surface area contributed by atoms with Crippen molar-refractivity contribution in [3.05, 3.63) is 82.4 Å². The highest BCUT2D eigenvalue weighted by Crippen LogP contribution is 2.24. The Labute approximate surface area is 137 Å². The van der Waals surface area contributed by atoms with Crippen molar-refractivity contribution in [1.29, 1.82) is 0 Å². The van der Waals surface area contributed by atoms with E-state index in [0.717, 1.165) is 0 Å². The van der Waals surface area contributed by atoms with Gasteiger partial charge in [-0.15, -0.1) is 0 Å². The van der Waals surface area contributed by atoms with Crippen LogP contribution in [0, 0.1) is 15.9 Å². The van der Waals surface area contributed by atoms with Gasteiger partial charge in [0.2, 0.25) is 0 Å². The molecule has 0 radical (unpaired) electrons. The van der Waals surface area contributed by atoms with Crippen LogP contribution in [0.4, 0.5) is 10.1 Å². The second-order valence-corrected chi connectivity index (χ2v) is 5.28. The van der Waals surface area contributed by atoms with E-state index in [0.29, 0.717) is 17.0 Å². The van der Waals surface area contributed by atoms with Gasteiger partial charge in [-0.3, -0.25) is 10.1 Å². The lowest BCUT2D eigenvalue weighted by Gasteiger charge is -2.14. The van der Waals surface area contributed by atoms with Crippen LogP contribution < -0.4 is 0 Å². The summed E-state index contributed by atoms with van der Waals surface area (Å²) in [6.07, 6.45) is 2.29. The third kappa shape index (κ3) is 3.31. The monoisotopic (exact) mass is 327 g/mol. The van der Waals surface area contributed by atoms with Gasteiger partial charge in [0.15, 0.2) is 0 Å². The summed E-state index contributed by atoms with van der Waals surface area (Å²) in [7, 11) is 0. The number of nitro groups is 1. The van der Waals surface area contributed by atoms with E-state index in [4.69, 9.17) is 0 Å². The number of aromatic nitrogens is 2. The number of non-ortho nitro benzene ring substituents is 1. The average Bonchev–Trinajstić information content (AvgIpc) is 3.03. The number of hydrogen-bond donors (Lipinski definition) is 1. The summed E-state index contributed by atoms with van der Waals surface area (Å²) >= 11 is 0. The van der Waals surface area contributed by atoms with Gasteiger partial charge in [0, 0.05) is 30.1 Å². The molecule has 1 N–H and O–H groups in total. The van der Waals surface area contributed by atoms with Crippen molar-refractivity contribution < 1.29 is 14.4 Å². The molecule has 0 saturated heterocycles. The Kier molecular flexibility index (Phi) is 4.35. The van der Waals surface area contributed by atoms with Crippen LogP contribution in [-0.4, -0.2) is 19.6 Å². The molecule has 3 aromatic rings. The molecule has 1 unspecified atom stereocenters. The Balaban J connectivity index is 1.88. The van der Waals surface area contributed by atoms with Gasteiger partial charge >= 0.3 is 0 Å². The van der Waals surface area contributed by atoms with Gasteiger partial charge in [0.1, 0.15) is 11.6 Å². The highest BCUT2D eigenvalue weighted by atomic mass is 19.1. The molecule has 122 valence electrons. The lowest BCUT2D eigenvalue weighted by Crippen LogP contribution is -2.09. The Morgan fingerprint density at radius 3 is 2.79 bits per heavy atom. The van der Waals surface area contributed by atoms with Crippen LogP contribution >= 0.6 is 0 Å². The van der Waals surface area contributed by atoms with E-state index in [2.05, 4.69) is 4.98 Å². The summed E-state index contributed by atoms with van der Waals surface area (Å²) in [4.78, 5) is 14.6. The predicted octanol–water partition coefficient (Wildman–Crippen LogP) is 3.33. The zero-order chi connectivity index (χ0) is 17.1. The first-order chi connectivity index (χ1) is 11.5. The molecule has 6 nitrogen and oxygen atoms in total. The Hall–Kier alpha value is -3.06. The van der Waals surface area contributed by atoms with Crippen LogP contribution in [0.25, 0.3) is 11.4 Å². The van der Waals surface area contributed by atoms with Crippen LogP contribution in [0.2, 0.25) is 0 Å². The van der Waals surface area contributed by atoms with E-state index < -0.39 is 16.8 Å². The Morgan fingerprint density at radius 1 is 1.25 bits per heavy atom. The summed E-state index contributed by atoms with van der Waals surface area (Å²) in [5.41, 5.74) is 0.988. The normalized spacial score (nSPS) is 12.1. The third-order valence-electron chi connectivity index (χ3n) is 3.63. The molecule has 24 heavy (non-hydrogen) atoms. The van der Waals surface area contributed by atoms with Crippen LogP contribution in [0.3, 0.4) is 0 Å². The predicted molar refractivity (Wildman–Crippen MR) is 85.7 cm³/mol. The standard InChI is InChI=1S/C17H14FN3O3/c18-14-5-1-3-12(9-14)16(22)11-20-8-7-19-17(20)13-4-2-6-15(10-13)21(23)24/h1-10,16,22H,11H2. The van der Waals surface area contributed by atoms with Gasteiger partial charge in [-0.05, 0) is 17.7 Å². The van der Waals surface area contributed by atoms with Crippen molar-refractivity contribution in [2.75, 3.05) is 0 Å². The van der Waals surface area contributed by atoms with Crippen molar-refractivity contribution in [3.63, 3.8) is 0 Å². The van der Waals surface area contributed by atoms with E-state index in [1.54, 1.807) is 35.2 Å². The number of halogens is 1. The molecule has 1 atom stereocenters. The first kappa shape index (κ1) is 15.8. The maximum atomic E-state index is 13.3. The Morgan fingerprint density at radius 2 is 2.04 bits per heavy atom. The van der Waals surface area contributed by atoms with Crippen molar-refractivity contribution in [2.24, 2.45) is 0 Å². The minimum atomic E-state index is -0.924. The molecule has 2 aromatic carbocycles. The smallest absolute Gasteiger partial charge is 0.270 e.